The number of ether oxygens (including phenoxy) is 1. The van der Waals surface area contributed by atoms with Crippen molar-refractivity contribution in [3.63, 3.8) is 0 Å². The summed E-state index contributed by atoms with van der Waals surface area (Å²) in [4.78, 5) is 34.2. The minimum absolute atomic E-state index is 0.205. The molecule has 2 saturated heterocycles. The van der Waals surface area contributed by atoms with E-state index in [0.29, 0.717) is 18.8 Å². The smallest absolute Gasteiger partial charge is 0.411 e. The van der Waals surface area contributed by atoms with E-state index < -0.39 is 6.09 Å². The lowest BCUT2D eigenvalue weighted by molar-refractivity contribution is -0.139. The number of carbonyl (C=O) groups excluding carboxylic acids is 2. The van der Waals surface area contributed by atoms with Crippen LogP contribution in [0.3, 0.4) is 0 Å². The second kappa shape index (κ2) is 9.65. The van der Waals surface area contributed by atoms with Gasteiger partial charge in [-0.05, 0) is 63.0 Å². The van der Waals surface area contributed by atoms with E-state index >= 15 is 0 Å². The first kappa shape index (κ1) is 22.8. The largest absolute Gasteiger partial charge is 0.449 e. The molecule has 1 aromatic rings. The van der Waals surface area contributed by atoms with Gasteiger partial charge in [-0.1, -0.05) is 13.8 Å². The predicted octanol–water partition coefficient (Wildman–Crippen LogP) is 3.41. The lowest BCUT2D eigenvalue weighted by atomic mass is 9.78. The van der Waals surface area contributed by atoms with Gasteiger partial charge in [0.2, 0.25) is 5.91 Å². The summed E-state index contributed by atoms with van der Waals surface area (Å²) in [6, 6.07) is 4.01. The minimum Gasteiger partial charge on any atom is -0.449 e. The second-order valence-corrected chi connectivity index (χ2v) is 10.0. The standard InChI is InChI=1S/C24H36N4O4/c1-17(2)15-32-23(31)26-18-4-9-21(25-14-18)27-12-3-10-24(16-27)11-13-28(22(24)30)19-5-7-20(29)8-6-19/h4,9,14,17,19-20,29H,3,5-8,10-13,15-16H2,1-2H3,(H,26,31)/t19-,20-,24-/m1/s1. The van der Waals surface area contributed by atoms with Crippen molar-refractivity contribution in [2.75, 3.05) is 36.5 Å². The maximum Gasteiger partial charge on any atom is 0.411 e. The summed E-state index contributed by atoms with van der Waals surface area (Å²) in [5.41, 5.74) is 0.268. The van der Waals surface area contributed by atoms with E-state index in [-0.39, 0.29) is 29.4 Å². The molecule has 1 saturated carbocycles. The molecule has 2 aliphatic heterocycles. The number of amides is 2. The Kier molecular flexibility index (Phi) is 6.88. The van der Waals surface area contributed by atoms with Gasteiger partial charge in [-0.3, -0.25) is 10.1 Å². The Hall–Kier alpha value is -2.35. The quantitative estimate of drug-likeness (QED) is 0.723. The molecule has 2 amide bonds. The summed E-state index contributed by atoms with van der Waals surface area (Å²) in [5, 5.41) is 12.5. The first-order chi connectivity index (χ1) is 15.4. The first-order valence-corrected chi connectivity index (χ1v) is 12.0. The fraction of sp³-hybridized carbons (Fsp3) is 0.708. The molecule has 3 aliphatic rings. The van der Waals surface area contributed by atoms with Crippen molar-refractivity contribution in [1.82, 2.24) is 9.88 Å². The number of hydrogen-bond acceptors (Lipinski definition) is 6. The zero-order chi connectivity index (χ0) is 22.7. The number of anilines is 2. The number of rotatable bonds is 5. The third kappa shape index (κ3) is 5.00. The number of piperidine rings is 1. The van der Waals surface area contributed by atoms with E-state index in [4.69, 9.17) is 4.74 Å². The fourth-order valence-corrected chi connectivity index (χ4v) is 5.32. The third-order valence-corrected chi connectivity index (χ3v) is 7.10. The number of hydrogen-bond donors (Lipinski definition) is 2. The molecule has 0 radical (unpaired) electrons. The highest BCUT2D eigenvalue weighted by Crippen LogP contribution is 2.43. The van der Waals surface area contributed by atoms with Crippen molar-refractivity contribution in [2.24, 2.45) is 11.3 Å². The molecule has 32 heavy (non-hydrogen) atoms. The Labute approximate surface area is 190 Å². The number of aliphatic hydroxyl groups is 1. The van der Waals surface area contributed by atoms with E-state index in [1.165, 1.54) is 0 Å². The fourth-order valence-electron chi connectivity index (χ4n) is 5.32. The van der Waals surface area contributed by atoms with Crippen LogP contribution in [0.15, 0.2) is 18.3 Å². The number of nitrogens with zero attached hydrogens (tertiary/aromatic N) is 3. The van der Waals surface area contributed by atoms with E-state index in [0.717, 1.165) is 63.9 Å². The summed E-state index contributed by atoms with van der Waals surface area (Å²) in [6.45, 7) is 6.74. The first-order valence-electron chi connectivity index (χ1n) is 12.0. The maximum atomic E-state index is 13.5. The molecule has 3 heterocycles. The molecular formula is C24H36N4O4. The van der Waals surface area contributed by atoms with E-state index in [2.05, 4.69) is 20.1 Å². The molecule has 1 spiro atoms. The zero-order valence-electron chi connectivity index (χ0n) is 19.3. The van der Waals surface area contributed by atoms with Gasteiger partial charge in [-0.15, -0.1) is 0 Å². The summed E-state index contributed by atoms with van der Waals surface area (Å²) < 4.78 is 5.15. The highest BCUT2D eigenvalue weighted by Gasteiger charge is 2.50. The molecule has 8 heteroatoms. The summed E-state index contributed by atoms with van der Waals surface area (Å²) in [6.07, 6.45) is 7.14. The summed E-state index contributed by atoms with van der Waals surface area (Å²) in [7, 11) is 0. The monoisotopic (exact) mass is 444 g/mol. The topological polar surface area (TPSA) is 95.0 Å². The Morgan fingerprint density at radius 1 is 1.25 bits per heavy atom. The van der Waals surface area contributed by atoms with Crippen LogP contribution in [0.5, 0.6) is 0 Å². The number of aromatic nitrogens is 1. The van der Waals surface area contributed by atoms with Gasteiger partial charge in [-0.2, -0.15) is 0 Å². The van der Waals surface area contributed by atoms with Crippen molar-refractivity contribution >= 4 is 23.5 Å². The van der Waals surface area contributed by atoms with Gasteiger partial charge in [0.15, 0.2) is 0 Å². The Balaban J connectivity index is 1.36. The highest BCUT2D eigenvalue weighted by atomic mass is 16.5. The molecule has 4 rings (SSSR count). The van der Waals surface area contributed by atoms with Crippen molar-refractivity contribution in [2.45, 2.75) is 70.9 Å². The molecule has 0 aromatic carbocycles. The van der Waals surface area contributed by atoms with Gasteiger partial charge in [-0.25, -0.2) is 9.78 Å². The van der Waals surface area contributed by atoms with Crippen LogP contribution in [0, 0.1) is 11.3 Å². The molecule has 1 aromatic heterocycles. The molecule has 1 aliphatic carbocycles. The van der Waals surface area contributed by atoms with Gasteiger partial charge >= 0.3 is 6.09 Å². The molecular weight excluding hydrogens is 408 g/mol. The average Bonchev–Trinajstić information content (AvgIpc) is 3.09. The van der Waals surface area contributed by atoms with Crippen molar-refractivity contribution in [1.29, 1.82) is 0 Å². The maximum absolute atomic E-state index is 13.5. The van der Waals surface area contributed by atoms with Crippen molar-refractivity contribution < 1.29 is 19.4 Å². The Morgan fingerprint density at radius 3 is 2.72 bits per heavy atom. The lowest BCUT2D eigenvalue weighted by Crippen LogP contribution is -2.50. The van der Waals surface area contributed by atoms with Crippen LogP contribution in [0.2, 0.25) is 0 Å². The SMILES string of the molecule is CC(C)COC(=O)Nc1ccc(N2CCC[C@@]3(CCN([C@H]4CC[C@H](O)CC4)C3=O)C2)nc1. The number of pyridine rings is 1. The average molecular weight is 445 g/mol. The van der Waals surface area contributed by atoms with Gasteiger partial charge in [0.25, 0.3) is 0 Å². The molecule has 0 bridgehead atoms. The number of nitrogens with one attached hydrogen (secondary N) is 1. The van der Waals surface area contributed by atoms with E-state index in [1.807, 2.05) is 26.0 Å². The zero-order valence-corrected chi connectivity index (χ0v) is 19.3. The van der Waals surface area contributed by atoms with Gasteiger partial charge in [0, 0.05) is 25.7 Å². The summed E-state index contributed by atoms with van der Waals surface area (Å²) >= 11 is 0. The minimum atomic E-state index is -0.475. The normalized spacial score (nSPS) is 28.4. The molecule has 176 valence electrons. The van der Waals surface area contributed by atoms with E-state index in [1.54, 1.807) is 6.20 Å². The number of carbonyl (C=O) groups is 2. The predicted molar refractivity (Wildman–Crippen MR) is 123 cm³/mol. The molecule has 8 nitrogen and oxygen atoms in total. The second-order valence-electron chi connectivity index (χ2n) is 10.0. The lowest BCUT2D eigenvalue weighted by Gasteiger charge is -2.41. The van der Waals surface area contributed by atoms with E-state index in [9.17, 15) is 14.7 Å². The van der Waals surface area contributed by atoms with Gasteiger partial charge in [0.05, 0.1) is 30.0 Å². The van der Waals surface area contributed by atoms with Crippen LogP contribution in [-0.4, -0.2) is 65.4 Å². The van der Waals surface area contributed by atoms with Gasteiger partial charge in [0.1, 0.15) is 5.82 Å². The number of aliphatic hydroxyl groups excluding tert-OH is 1. The van der Waals surface area contributed by atoms with Crippen molar-refractivity contribution in [3.8, 4) is 0 Å². The van der Waals surface area contributed by atoms with Crippen LogP contribution in [-0.2, 0) is 9.53 Å². The molecule has 2 N–H and O–H groups in total. The molecule has 1 atom stereocenters. The third-order valence-electron chi connectivity index (χ3n) is 7.10. The van der Waals surface area contributed by atoms with Crippen LogP contribution in [0.4, 0.5) is 16.3 Å². The summed E-state index contributed by atoms with van der Waals surface area (Å²) in [5.74, 6) is 1.40. The van der Waals surface area contributed by atoms with Crippen LogP contribution in [0.1, 0.15) is 58.8 Å². The van der Waals surface area contributed by atoms with Gasteiger partial charge < -0.3 is 19.6 Å². The number of likely N-dealkylation sites (tertiary alicyclic amines) is 1. The van der Waals surface area contributed by atoms with Crippen LogP contribution < -0.4 is 10.2 Å². The Morgan fingerprint density at radius 2 is 2.03 bits per heavy atom. The van der Waals surface area contributed by atoms with Crippen molar-refractivity contribution in [3.05, 3.63) is 18.3 Å². The van der Waals surface area contributed by atoms with Crippen LogP contribution in [0.25, 0.3) is 0 Å². The molecule has 3 fully saturated rings. The highest BCUT2D eigenvalue weighted by molar-refractivity contribution is 5.86. The molecule has 0 unspecified atom stereocenters. The Bertz CT molecular complexity index is 807. The van der Waals surface area contributed by atoms with Crippen LogP contribution >= 0.6 is 0 Å².